The first-order valence-electron chi connectivity index (χ1n) is 12.7. The van der Waals surface area contributed by atoms with E-state index in [1.165, 1.54) is 6.92 Å². The van der Waals surface area contributed by atoms with Gasteiger partial charge in [-0.1, -0.05) is 0 Å². The van der Waals surface area contributed by atoms with Crippen LogP contribution in [-0.4, -0.2) is 140 Å². The van der Waals surface area contributed by atoms with Gasteiger partial charge in [0.1, 0.15) is 55.4 Å². The molecule has 2 fully saturated rings. The summed E-state index contributed by atoms with van der Waals surface area (Å²) in [6.07, 6.45) is -15.8. The lowest BCUT2D eigenvalue weighted by molar-refractivity contribution is -0.327. The van der Waals surface area contributed by atoms with Crippen LogP contribution in [0.3, 0.4) is 0 Å². The van der Waals surface area contributed by atoms with Crippen molar-refractivity contribution in [3.63, 3.8) is 0 Å². The van der Waals surface area contributed by atoms with E-state index < -0.39 is 98.8 Å². The maximum atomic E-state index is 13.1. The summed E-state index contributed by atoms with van der Waals surface area (Å²) >= 11 is 0. The van der Waals surface area contributed by atoms with Crippen LogP contribution < -0.4 is 0 Å². The predicted octanol–water partition coefficient (Wildman–Crippen LogP) is -4.34. The number of fused-ring (bicyclic) bond motifs is 1. The van der Waals surface area contributed by atoms with Crippen molar-refractivity contribution in [2.75, 3.05) is 19.8 Å². The molecule has 4 rings (SSSR count). The molecule has 16 nitrogen and oxygen atoms in total. The van der Waals surface area contributed by atoms with Crippen LogP contribution in [0.1, 0.15) is 19.8 Å². The van der Waals surface area contributed by atoms with Crippen LogP contribution in [0.5, 0.6) is 0 Å². The summed E-state index contributed by atoms with van der Waals surface area (Å²) in [5, 5.41) is 79.6. The minimum absolute atomic E-state index is 0.0570. The zero-order valence-electron chi connectivity index (χ0n) is 21.4. The first-order chi connectivity index (χ1) is 19.0. The van der Waals surface area contributed by atoms with Gasteiger partial charge in [0.15, 0.2) is 6.29 Å². The summed E-state index contributed by atoms with van der Waals surface area (Å²) in [7, 11) is 0. The van der Waals surface area contributed by atoms with Crippen LogP contribution in [0.15, 0.2) is 23.0 Å². The van der Waals surface area contributed by atoms with Gasteiger partial charge in [-0.15, -0.1) is 0 Å². The van der Waals surface area contributed by atoms with Crippen LogP contribution in [0.25, 0.3) is 0 Å². The fourth-order valence-electron chi connectivity index (χ4n) is 5.09. The van der Waals surface area contributed by atoms with Crippen molar-refractivity contribution in [3.05, 3.63) is 23.0 Å². The third kappa shape index (κ3) is 6.02. The molecule has 12 atom stereocenters. The van der Waals surface area contributed by atoms with Crippen molar-refractivity contribution < 1.29 is 78.9 Å². The number of carbonyl (C=O) groups is 2. The zero-order chi connectivity index (χ0) is 29.3. The number of hydrogen-bond acceptors (Lipinski definition) is 16. The molecule has 0 saturated carbocycles. The molecule has 0 amide bonds. The number of hydrogen-bond donors (Lipinski definition) is 8. The molecule has 0 radical (unpaired) electrons. The quantitative estimate of drug-likeness (QED) is 0.100. The van der Waals surface area contributed by atoms with E-state index in [2.05, 4.69) is 0 Å². The van der Waals surface area contributed by atoms with E-state index in [-0.39, 0.29) is 12.2 Å². The summed E-state index contributed by atoms with van der Waals surface area (Å²) in [4.78, 5) is 24.6. The third-order valence-corrected chi connectivity index (χ3v) is 7.33. The van der Waals surface area contributed by atoms with E-state index in [1.807, 2.05) is 0 Å². The molecule has 0 unspecified atom stereocenters. The molecule has 0 bridgehead atoms. The molecule has 3 aliphatic heterocycles. The normalized spacial score (nSPS) is 41.6. The fourth-order valence-corrected chi connectivity index (χ4v) is 5.09. The van der Waals surface area contributed by atoms with Gasteiger partial charge in [-0.3, -0.25) is 4.79 Å². The third-order valence-electron chi connectivity index (χ3n) is 7.33. The van der Waals surface area contributed by atoms with Gasteiger partial charge >= 0.3 is 11.9 Å². The summed E-state index contributed by atoms with van der Waals surface area (Å²) in [6, 6.07) is 0. The highest BCUT2D eigenvalue weighted by atomic mass is 16.8. The second-order valence-electron chi connectivity index (χ2n) is 9.91. The summed E-state index contributed by atoms with van der Waals surface area (Å²) in [5.41, 5.74) is 0.806. The van der Waals surface area contributed by atoms with Gasteiger partial charge in [0.05, 0.1) is 25.0 Å². The molecule has 16 heteroatoms. The first-order valence-corrected chi connectivity index (χ1v) is 12.7. The predicted molar refractivity (Wildman–Crippen MR) is 124 cm³/mol. The SMILES string of the molecule is CC(=O)OCC1=C2[C@H](O[C@H]3O[C@@H](CO)[C@H](O)[C@@H](O)[C@@H]3O)OC=C(C(=O)O[C@H]3O[C@@H](CO)[C@H](O)[C@@H](O)[C@@H]3O)[C@H]2CC1. The van der Waals surface area contributed by atoms with Gasteiger partial charge in [-0.25, -0.2) is 4.79 Å². The van der Waals surface area contributed by atoms with Crippen LogP contribution in [0.4, 0.5) is 0 Å². The van der Waals surface area contributed by atoms with E-state index in [4.69, 9.17) is 28.4 Å². The highest BCUT2D eigenvalue weighted by molar-refractivity contribution is 5.90. The Hall–Kier alpha value is -2.22. The van der Waals surface area contributed by atoms with Gasteiger partial charge in [0, 0.05) is 18.4 Å². The lowest BCUT2D eigenvalue weighted by Crippen LogP contribution is -2.60. The molecular formula is C24H34O16. The lowest BCUT2D eigenvalue weighted by atomic mass is 9.90. The van der Waals surface area contributed by atoms with E-state index in [0.717, 1.165) is 6.26 Å². The van der Waals surface area contributed by atoms with Crippen molar-refractivity contribution in [2.24, 2.45) is 5.92 Å². The number of carbonyl (C=O) groups excluding carboxylic acids is 2. The Morgan fingerprint density at radius 2 is 1.45 bits per heavy atom. The van der Waals surface area contributed by atoms with Crippen molar-refractivity contribution in [2.45, 2.75) is 87.5 Å². The standard InChI is InChI=1S/C24H34O16/c1-8(27)35-6-9-2-3-10-11(21(34)39-23-19(32)17(30)15(28)12(4-25)37-23)7-36-22(14(9)10)40-24-20(33)18(31)16(29)13(5-26)38-24/h7,10,12-13,15-20,22-26,28-33H,2-6H2,1H3/t10-,12+,13+,15+,16+,17-,18-,19+,20+,22+,23-,24-/m1/s1. The van der Waals surface area contributed by atoms with Crippen molar-refractivity contribution in [3.8, 4) is 0 Å². The molecule has 8 N–H and O–H groups in total. The van der Waals surface area contributed by atoms with Gasteiger partial charge < -0.3 is 69.3 Å². The Kier molecular flexibility index (Phi) is 9.79. The maximum Gasteiger partial charge on any atom is 0.340 e. The van der Waals surface area contributed by atoms with Gasteiger partial charge in [-0.05, 0) is 18.4 Å². The van der Waals surface area contributed by atoms with E-state index in [9.17, 15) is 50.4 Å². The molecule has 0 spiro atoms. The number of aliphatic hydroxyl groups is 8. The van der Waals surface area contributed by atoms with Gasteiger partial charge in [0.25, 0.3) is 0 Å². The minimum Gasteiger partial charge on any atom is -0.468 e. The van der Waals surface area contributed by atoms with Crippen molar-refractivity contribution in [1.29, 1.82) is 0 Å². The Morgan fingerprint density at radius 1 is 0.875 bits per heavy atom. The average molecular weight is 579 g/mol. The fraction of sp³-hybridized carbons (Fsp3) is 0.750. The van der Waals surface area contributed by atoms with E-state index in [1.54, 1.807) is 0 Å². The monoisotopic (exact) mass is 578 g/mol. The minimum atomic E-state index is -1.83. The van der Waals surface area contributed by atoms with Crippen molar-refractivity contribution in [1.82, 2.24) is 0 Å². The second-order valence-corrected chi connectivity index (χ2v) is 9.91. The first kappa shape index (κ1) is 30.7. The summed E-state index contributed by atoms with van der Waals surface area (Å²) in [6.45, 7) is -0.377. The summed E-state index contributed by atoms with van der Waals surface area (Å²) < 4.78 is 32.4. The largest absolute Gasteiger partial charge is 0.468 e. The van der Waals surface area contributed by atoms with Crippen LogP contribution in [-0.2, 0) is 38.0 Å². The van der Waals surface area contributed by atoms with Gasteiger partial charge in [-0.2, -0.15) is 0 Å². The Balaban J connectivity index is 1.56. The Morgan fingerprint density at radius 3 is 2.02 bits per heavy atom. The maximum absolute atomic E-state index is 13.1. The topological polar surface area (TPSA) is 251 Å². The molecule has 1 aliphatic carbocycles. The zero-order valence-corrected chi connectivity index (χ0v) is 21.4. The highest BCUT2D eigenvalue weighted by Crippen LogP contribution is 2.44. The molecule has 0 aromatic carbocycles. The number of rotatable bonds is 8. The molecule has 0 aromatic heterocycles. The van der Waals surface area contributed by atoms with Crippen molar-refractivity contribution >= 4 is 11.9 Å². The summed E-state index contributed by atoms with van der Waals surface area (Å²) in [5.74, 6) is -2.32. The van der Waals surface area contributed by atoms with Gasteiger partial charge in [0.2, 0.25) is 12.6 Å². The molecule has 226 valence electrons. The number of ether oxygens (including phenoxy) is 6. The average Bonchev–Trinajstić information content (AvgIpc) is 3.36. The second kappa shape index (κ2) is 12.7. The lowest BCUT2D eigenvalue weighted by Gasteiger charge is -2.42. The smallest absolute Gasteiger partial charge is 0.340 e. The Labute approximate surface area is 227 Å². The van der Waals surface area contributed by atoms with Crippen LogP contribution in [0.2, 0.25) is 0 Å². The molecule has 3 heterocycles. The number of aliphatic hydroxyl groups excluding tert-OH is 8. The molecule has 40 heavy (non-hydrogen) atoms. The molecule has 4 aliphatic rings. The molecular weight excluding hydrogens is 544 g/mol. The molecule has 0 aromatic rings. The van der Waals surface area contributed by atoms with Crippen LogP contribution >= 0.6 is 0 Å². The highest BCUT2D eigenvalue weighted by Gasteiger charge is 2.49. The number of esters is 2. The van der Waals surface area contributed by atoms with Crippen LogP contribution in [0, 0.1) is 5.92 Å². The molecule has 2 saturated heterocycles. The van der Waals surface area contributed by atoms with E-state index in [0.29, 0.717) is 24.0 Å². The Bertz CT molecular complexity index is 993. The van der Waals surface area contributed by atoms with E-state index >= 15 is 0 Å².